The Balaban J connectivity index is 1.81. The maximum atomic E-state index is 12.1. The summed E-state index contributed by atoms with van der Waals surface area (Å²) in [5.41, 5.74) is 1.23. The smallest absolute Gasteiger partial charge is 0.223 e. The summed E-state index contributed by atoms with van der Waals surface area (Å²) in [4.78, 5) is 14.5. The van der Waals surface area contributed by atoms with Gasteiger partial charge < -0.3 is 15.0 Å². The molecule has 0 bridgehead atoms. The fraction of sp³-hybridized carbons (Fsp3) is 0.611. The number of ether oxygens (including phenoxy) is 1. The third kappa shape index (κ3) is 4.39. The highest BCUT2D eigenvalue weighted by Gasteiger charge is 2.22. The fourth-order valence-corrected chi connectivity index (χ4v) is 2.98. The zero-order valence-electron chi connectivity index (χ0n) is 14.0. The van der Waals surface area contributed by atoms with E-state index in [-0.39, 0.29) is 11.8 Å². The van der Waals surface area contributed by atoms with Crippen molar-refractivity contribution in [2.45, 2.75) is 45.6 Å². The Kier molecular flexibility index (Phi) is 6.10. The summed E-state index contributed by atoms with van der Waals surface area (Å²) in [6.07, 6.45) is 4.05. The van der Waals surface area contributed by atoms with E-state index in [2.05, 4.69) is 29.3 Å². The first-order chi connectivity index (χ1) is 10.6. The highest BCUT2D eigenvalue weighted by atomic mass is 16.5. The topological polar surface area (TPSA) is 41.6 Å². The third-order valence-corrected chi connectivity index (χ3v) is 4.45. The highest BCUT2D eigenvalue weighted by Crippen LogP contribution is 2.23. The lowest BCUT2D eigenvalue weighted by molar-refractivity contribution is -0.125. The molecule has 0 aliphatic carbocycles. The number of hydrogen-bond donors (Lipinski definition) is 1. The number of rotatable bonds is 6. The second kappa shape index (κ2) is 8.06. The summed E-state index contributed by atoms with van der Waals surface area (Å²) in [5.74, 6) is 1.23. The van der Waals surface area contributed by atoms with Crippen molar-refractivity contribution in [3.8, 4) is 5.75 Å². The van der Waals surface area contributed by atoms with Gasteiger partial charge in [-0.05, 0) is 43.5 Å². The Hall–Kier alpha value is -1.71. The van der Waals surface area contributed by atoms with E-state index < -0.39 is 0 Å². The number of anilines is 1. The van der Waals surface area contributed by atoms with Gasteiger partial charge in [-0.2, -0.15) is 0 Å². The summed E-state index contributed by atoms with van der Waals surface area (Å²) in [6, 6.07) is 8.51. The van der Waals surface area contributed by atoms with Crippen molar-refractivity contribution in [1.29, 1.82) is 0 Å². The van der Waals surface area contributed by atoms with Crippen LogP contribution in [0.1, 0.15) is 39.5 Å². The normalized spacial score (nSPS) is 17.1. The second-order valence-corrected chi connectivity index (χ2v) is 6.16. The van der Waals surface area contributed by atoms with E-state index in [1.54, 1.807) is 7.11 Å². The van der Waals surface area contributed by atoms with E-state index in [1.165, 1.54) is 5.69 Å². The van der Waals surface area contributed by atoms with Crippen LogP contribution in [-0.4, -0.2) is 32.1 Å². The largest absolute Gasteiger partial charge is 0.497 e. The molecule has 22 heavy (non-hydrogen) atoms. The first-order valence-electron chi connectivity index (χ1n) is 8.33. The van der Waals surface area contributed by atoms with E-state index in [0.717, 1.165) is 44.5 Å². The van der Waals surface area contributed by atoms with Gasteiger partial charge in [0.2, 0.25) is 5.91 Å². The molecular formula is C18H28N2O2. The van der Waals surface area contributed by atoms with Crippen LogP contribution in [0.4, 0.5) is 5.69 Å². The van der Waals surface area contributed by atoms with Crippen LogP contribution in [0, 0.1) is 5.92 Å². The quantitative estimate of drug-likeness (QED) is 0.877. The summed E-state index contributed by atoms with van der Waals surface area (Å²) in [6.45, 7) is 6.11. The standard InChI is InChI=1S/C18H28N2O2/c1-4-5-14(2)18(21)19-15-10-12-20(13-11-15)16-6-8-17(22-3)9-7-16/h6-9,14-15H,4-5,10-13H2,1-3H3,(H,19,21)/t14-/m1/s1. The van der Waals surface area contributed by atoms with Gasteiger partial charge in [-0.3, -0.25) is 4.79 Å². The average molecular weight is 304 g/mol. The van der Waals surface area contributed by atoms with E-state index in [4.69, 9.17) is 4.74 Å². The molecule has 1 atom stereocenters. The molecular weight excluding hydrogens is 276 g/mol. The molecule has 1 saturated heterocycles. The van der Waals surface area contributed by atoms with Gasteiger partial charge in [0, 0.05) is 30.7 Å². The molecule has 4 nitrogen and oxygen atoms in total. The summed E-state index contributed by atoms with van der Waals surface area (Å²) < 4.78 is 5.19. The molecule has 2 rings (SSSR count). The van der Waals surface area contributed by atoms with E-state index in [0.29, 0.717) is 6.04 Å². The SMILES string of the molecule is CCC[C@@H](C)C(=O)NC1CCN(c2ccc(OC)cc2)CC1. The molecule has 1 aromatic rings. The summed E-state index contributed by atoms with van der Waals surface area (Å²) in [7, 11) is 1.68. The van der Waals surface area contributed by atoms with Crippen LogP contribution >= 0.6 is 0 Å². The number of piperidine rings is 1. The Morgan fingerprint density at radius 3 is 2.50 bits per heavy atom. The molecule has 1 fully saturated rings. The molecule has 0 unspecified atom stereocenters. The second-order valence-electron chi connectivity index (χ2n) is 6.16. The fourth-order valence-electron chi connectivity index (χ4n) is 2.98. The Morgan fingerprint density at radius 2 is 1.95 bits per heavy atom. The van der Waals surface area contributed by atoms with Crippen LogP contribution in [0.25, 0.3) is 0 Å². The summed E-state index contributed by atoms with van der Waals surface area (Å²) in [5, 5.41) is 3.21. The van der Waals surface area contributed by atoms with Crippen molar-refractivity contribution >= 4 is 11.6 Å². The van der Waals surface area contributed by atoms with Crippen molar-refractivity contribution in [1.82, 2.24) is 5.32 Å². The van der Waals surface area contributed by atoms with Crippen LogP contribution in [0.15, 0.2) is 24.3 Å². The molecule has 1 amide bonds. The predicted molar refractivity (Wildman–Crippen MR) is 90.4 cm³/mol. The average Bonchev–Trinajstić information content (AvgIpc) is 2.56. The molecule has 1 aliphatic rings. The monoisotopic (exact) mass is 304 g/mol. The number of hydrogen-bond acceptors (Lipinski definition) is 3. The number of methoxy groups -OCH3 is 1. The lowest BCUT2D eigenvalue weighted by atomic mass is 10.0. The molecule has 0 saturated carbocycles. The van der Waals surface area contributed by atoms with Crippen LogP contribution < -0.4 is 15.0 Å². The maximum absolute atomic E-state index is 12.1. The minimum Gasteiger partial charge on any atom is -0.497 e. The number of carbonyl (C=O) groups excluding carboxylic acids is 1. The molecule has 0 radical (unpaired) electrons. The molecule has 1 aliphatic heterocycles. The van der Waals surface area contributed by atoms with Gasteiger partial charge in [-0.25, -0.2) is 0 Å². The van der Waals surface area contributed by atoms with Crippen molar-refractivity contribution < 1.29 is 9.53 Å². The van der Waals surface area contributed by atoms with Crippen molar-refractivity contribution in [3.05, 3.63) is 24.3 Å². The molecule has 1 aromatic carbocycles. The molecule has 0 spiro atoms. The number of nitrogens with one attached hydrogen (secondary N) is 1. The van der Waals surface area contributed by atoms with Crippen molar-refractivity contribution in [2.24, 2.45) is 5.92 Å². The minimum atomic E-state index is 0.129. The third-order valence-electron chi connectivity index (χ3n) is 4.45. The zero-order chi connectivity index (χ0) is 15.9. The summed E-state index contributed by atoms with van der Waals surface area (Å²) >= 11 is 0. The Labute approximate surface area is 133 Å². The van der Waals surface area contributed by atoms with Gasteiger partial charge in [-0.15, -0.1) is 0 Å². The van der Waals surface area contributed by atoms with Crippen LogP contribution in [0.3, 0.4) is 0 Å². The molecule has 1 heterocycles. The number of benzene rings is 1. The van der Waals surface area contributed by atoms with Crippen molar-refractivity contribution in [2.75, 3.05) is 25.1 Å². The van der Waals surface area contributed by atoms with E-state index >= 15 is 0 Å². The van der Waals surface area contributed by atoms with Crippen LogP contribution in [-0.2, 0) is 4.79 Å². The van der Waals surface area contributed by atoms with Gasteiger partial charge in [-0.1, -0.05) is 20.3 Å². The van der Waals surface area contributed by atoms with Gasteiger partial charge in [0.25, 0.3) is 0 Å². The zero-order valence-corrected chi connectivity index (χ0v) is 14.0. The predicted octanol–water partition coefficient (Wildman–Crippen LogP) is 3.22. The lowest BCUT2D eigenvalue weighted by Crippen LogP contribution is -2.46. The minimum absolute atomic E-state index is 0.129. The number of carbonyl (C=O) groups is 1. The van der Waals surface area contributed by atoms with Gasteiger partial charge in [0.15, 0.2) is 0 Å². The number of nitrogens with zero attached hydrogens (tertiary/aromatic N) is 1. The first kappa shape index (κ1) is 16.7. The lowest BCUT2D eigenvalue weighted by Gasteiger charge is -2.34. The van der Waals surface area contributed by atoms with Crippen molar-refractivity contribution in [3.63, 3.8) is 0 Å². The van der Waals surface area contributed by atoms with E-state index in [1.807, 2.05) is 19.1 Å². The number of amides is 1. The maximum Gasteiger partial charge on any atom is 0.223 e. The van der Waals surface area contributed by atoms with Gasteiger partial charge >= 0.3 is 0 Å². The van der Waals surface area contributed by atoms with E-state index in [9.17, 15) is 4.79 Å². The molecule has 1 N–H and O–H groups in total. The molecule has 122 valence electrons. The first-order valence-corrected chi connectivity index (χ1v) is 8.33. The molecule has 0 aromatic heterocycles. The Bertz CT molecular complexity index is 464. The van der Waals surface area contributed by atoms with Crippen LogP contribution in [0.2, 0.25) is 0 Å². The Morgan fingerprint density at radius 1 is 1.32 bits per heavy atom. The van der Waals surface area contributed by atoms with Gasteiger partial charge in [0.1, 0.15) is 5.75 Å². The molecule has 4 heteroatoms. The van der Waals surface area contributed by atoms with Crippen LogP contribution in [0.5, 0.6) is 5.75 Å². The van der Waals surface area contributed by atoms with Gasteiger partial charge in [0.05, 0.1) is 7.11 Å². The highest BCUT2D eigenvalue weighted by molar-refractivity contribution is 5.78.